The van der Waals surface area contributed by atoms with E-state index in [0.29, 0.717) is 17.1 Å². The fourth-order valence-corrected chi connectivity index (χ4v) is 3.72. The van der Waals surface area contributed by atoms with Gasteiger partial charge in [0.1, 0.15) is 11.5 Å². The fraction of sp³-hybridized carbons (Fsp3) is 0.250. The van der Waals surface area contributed by atoms with E-state index >= 15 is 0 Å². The quantitative estimate of drug-likeness (QED) is 0.791. The maximum Gasteiger partial charge on any atom is 0.323 e. The van der Waals surface area contributed by atoms with Crippen LogP contribution < -0.4 is 8.92 Å². The molecule has 0 saturated carbocycles. The minimum Gasteiger partial charge on any atom is -0.497 e. The van der Waals surface area contributed by atoms with Crippen molar-refractivity contribution < 1.29 is 22.1 Å². The first-order valence-corrected chi connectivity index (χ1v) is 8.20. The van der Waals surface area contributed by atoms with E-state index in [1.807, 2.05) is 0 Å². The van der Waals surface area contributed by atoms with Crippen LogP contribution in [0.4, 0.5) is 0 Å². The molecule has 0 spiro atoms. The Morgan fingerprint density at radius 3 is 2.09 bits per heavy atom. The smallest absolute Gasteiger partial charge is 0.323 e. The van der Waals surface area contributed by atoms with Crippen molar-refractivity contribution in [1.29, 1.82) is 0 Å². The predicted molar refractivity (Wildman–Crippen MR) is 81.5 cm³/mol. The van der Waals surface area contributed by atoms with Gasteiger partial charge < -0.3 is 13.7 Å². The van der Waals surface area contributed by atoms with Crippen molar-refractivity contribution in [3.63, 3.8) is 0 Å². The summed E-state index contributed by atoms with van der Waals surface area (Å²) in [6.07, 6.45) is 0. The lowest BCUT2D eigenvalue weighted by Crippen LogP contribution is -2.54. The topological polar surface area (TPSA) is 61.8 Å². The van der Waals surface area contributed by atoms with Crippen molar-refractivity contribution in [2.24, 2.45) is 0 Å². The second kappa shape index (κ2) is 5.62. The molecule has 1 fully saturated rings. The van der Waals surface area contributed by atoms with E-state index in [1.54, 1.807) is 61.7 Å². The largest absolute Gasteiger partial charge is 0.497 e. The van der Waals surface area contributed by atoms with Crippen LogP contribution in [0, 0.1) is 0 Å². The van der Waals surface area contributed by atoms with Gasteiger partial charge in [0.15, 0.2) is 4.75 Å². The number of para-hydroxylation sites is 1. The predicted octanol–water partition coefficient (Wildman–Crippen LogP) is 2.33. The molecule has 0 unspecified atom stereocenters. The third kappa shape index (κ3) is 2.44. The second-order valence-corrected chi connectivity index (χ2v) is 6.92. The molecule has 3 rings (SSSR count). The Bertz CT molecular complexity index is 734. The van der Waals surface area contributed by atoms with Crippen LogP contribution in [-0.4, -0.2) is 28.7 Å². The second-order valence-electron chi connectivity index (χ2n) is 5.07. The standard InChI is InChI=1S/C16H16O5S/c1-19-14-9-7-13(8-10-14)16(11-20-12-16)22(17,18)21-15-5-3-2-4-6-15/h2-10H,11-12H2,1H3. The van der Waals surface area contributed by atoms with Gasteiger partial charge in [-0.05, 0) is 29.8 Å². The van der Waals surface area contributed by atoms with Gasteiger partial charge >= 0.3 is 10.1 Å². The van der Waals surface area contributed by atoms with E-state index < -0.39 is 14.9 Å². The van der Waals surface area contributed by atoms with Crippen LogP contribution in [0.2, 0.25) is 0 Å². The zero-order valence-electron chi connectivity index (χ0n) is 12.1. The van der Waals surface area contributed by atoms with Crippen molar-refractivity contribution >= 4 is 10.1 Å². The van der Waals surface area contributed by atoms with Gasteiger partial charge in [-0.1, -0.05) is 30.3 Å². The number of hydrogen-bond acceptors (Lipinski definition) is 5. The Morgan fingerprint density at radius 1 is 0.955 bits per heavy atom. The molecule has 0 bridgehead atoms. The molecule has 1 heterocycles. The van der Waals surface area contributed by atoms with Crippen molar-refractivity contribution in [3.05, 3.63) is 60.2 Å². The maximum absolute atomic E-state index is 12.7. The van der Waals surface area contributed by atoms with Crippen LogP contribution in [0.5, 0.6) is 11.5 Å². The zero-order valence-corrected chi connectivity index (χ0v) is 12.9. The van der Waals surface area contributed by atoms with E-state index in [-0.39, 0.29) is 13.2 Å². The van der Waals surface area contributed by atoms with Gasteiger partial charge in [-0.25, -0.2) is 0 Å². The minimum absolute atomic E-state index is 0.0779. The van der Waals surface area contributed by atoms with E-state index in [0.717, 1.165) is 0 Å². The van der Waals surface area contributed by atoms with Crippen molar-refractivity contribution in [3.8, 4) is 11.5 Å². The molecule has 0 atom stereocenters. The van der Waals surface area contributed by atoms with Gasteiger partial charge in [0.2, 0.25) is 0 Å². The molecule has 5 nitrogen and oxygen atoms in total. The lowest BCUT2D eigenvalue weighted by atomic mass is 9.96. The Hall–Kier alpha value is -2.05. The Labute approximate surface area is 129 Å². The maximum atomic E-state index is 12.7. The lowest BCUT2D eigenvalue weighted by Gasteiger charge is -2.39. The molecule has 0 N–H and O–H groups in total. The van der Waals surface area contributed by atoms with Crippen LogP contribution >= 0.6 is 0 Å². The third-order valence-corrected chi connectivity index (χ3v) is 5.55. The van der Waals surface area contributed by atoms with Crippen LogP contribution in [0.3, 0.4) is 0 Å². The molecule has 1 aliphatic heterocycles. The molecule has 22 heavy (non-hydrogen) atoms. The molecule has 0 amide bonds. The summed E-state index contributed by atoms with van der Waals surface area (Å²) in [7, 11) is -2.31. The van der Waals surface area contributed by atoms with E-state index in [1.165, 1.54) is 0 Å². The van der Waals surface area contributed by atoms with Gasteiger partial charge in [0, 0.05) is 0 Å². The van der Waals surface area contributed by atoms with Gasteiger partial charge in [-0.2, -0.15) is 8.42 Å². The highest BCUT2D eigenvalue weighted by Gasteiger charge is 2.54. The van der Waals surface area contributed by atoms with Crippen LogP contribution in [0.25, 0.3) is 0 Å². The summed E-state index contributed by atoms with van der Waals surface area (Å²) in [5.41, 5.74) is 0.635. The molecule has 1 aliphatic rings. The Morgan fingerprint density at radius 2 is 1.59 bits per heavy atom. The Kier molecular flexibility index (Phi) is 3.80. The summed E-state index contributed by atoms with van der Waals surface area (Å²) in [6.45, 7) is 0.156. The summed E-state index contributed by atoms with van der Waals surface area (Å²) in [4.78, 5) is 0. The number of ether oxygens (including phenoxy) is 2. The molecule has 2 aromatic carbocycles. The molecule has 0 aromatic heterocycles. The molecular formula is C16H16O5S. The van der Waals surface area contributed by atoms with E-state index in [9.17, 15) is 8.42 Å². The van der Waals surface area contributed by atoms with Crippen molar-refractivity contribution in [2.45, 2.75) is 4.75 Å². The highest BCUT2D eigenvalue weighted by atomic mass is 32.2. The van der Waals surface area contributed by atoms with Gasteiger partial charge in [-0.3, -0.25) is 0 Å². The molecule has 1 saturated heterocycles. The fourth-order valence-electron chi connectivity index (χ4n) is 2.32. The third-order valence-electron chi connectivity index (χ3n) is 3.71. The highest BCUT2D eigenvalue weighted by Crippen LogP contribution is 2.39. The summed E-state index contributed by atoms with van der Waals surface area (Å²) in [5, 5.41) is 0. The number of hydrogen-bond donors (Lipinski definition) is 0. The number of methoxy groups -OCH3 is 1. The first-order valence-electron chi connectivity index (χ1n) is 6.79. The highest BCUT2D eigenvalue weighted by molar-refractivity contribution is 7.88. The first-order chi connectivity index (χ1) is 10.6. The van der Waals surface area contributed by atoms with Gasteiger partial charge in [0.25, 0.3) is 0 Å². The lowest BCUT2D eigenvalue weighted by molar-refractivity contribution is -0.0192. The first kappa shape index (κ1) is 14.9. The molecular weight excluding hydrogens is 304 g/mol. The Balaban J connectivity index is 1.94. The number of benzene rings is 2. The van der Waals surface area contributed by atoms with E-state index in [4.69, 9.17) is 13.7 Å². The van der Waals surface area contributed by atoms with E-state index in [2.05, 4.69) is 0 Å². The van der Waals surface area contributed by atoms with Gasteiger partial charge in [0.05, 0.1) is 20.3 Å². The summed E-state index contributed by atoms with van der Waals surface area (Å²) in [5.74, 6) is 0.961. The van der Waals surface area contributed by atoms with Crippen molar-refractivity contribution in [2.75, 3.05) is 20.3 Å². The minimum atomic E-state index is -3.88. The van der Waals surface area contributed by atoms with Crippen LogP contribution in [0.1, 0.15) is 5.56 Å². The summed E-state index contributed by atoms with van der Waals surface area (Å²) < 4.78 is 39.8. The van der Waals surface area contributed by atoms with Crippen LogP contribution in [0.15, 0.2) is 54.6 Å². The molecule has 0 radical (unpaired) electrons. The summed E-state index contributed by atoms with van der Waals surface area (Å²) in [6, 6.07) is 15.4. The zero-order chi connectivity index (χ0) is 15.6. The van der Waals surface area contributed by atoms with Crippen LogP contribution in [-0.2, 0) is 19.6 Å². The number of rotatable bonds is 5. The molecule has 2 aromatic rings. The average molecular weight is 320 g/mol. The molecule has 6 heteroatoms. The molecule has 116 valence electrons. The van der Waals surface area contributed by atoms with Crippen molar-refractivity contribution in [1.82, 2.24) is 0 Å². The molecule has 0 aliphatic carbocycles. The average Bonchev–Trinajstić information content (AvgIpc) is 2.47. The monoisotopic (exact) mass is 320 g/mol. The normalized spacial score (nSPS) is 16.6. The SMILES string of the molecule is COc1ccc(C2(S(=O)(=O)Oc3ccccc3)COC2)cc1. The van der Waals surface area contributed by atoms with Gasteiger partial charge in [-0.15, -0.1) is 0 Å². The summed E-state index contributed by atoms with van der Waals surface area (Å²) >= 11 is 0.